The van der Waals surface area contributed by atoms with Gasteiger partial charge in [-0.2, -0.15) is 0 Å². The van der Waals surface area contributed by atoms with Crippen LogP contribution in [0.2, 0.25) is 0 Å². The summed E-state index contributed by atoms with van der Waals surface area (Å²) in [5.41, 5.74) is -0.136. The Morgan fingerprint density at radius 3 is 2.67 bits per heavy atom. The van der Waals surface area contributed by atoms with E-state index in [1.807, 2.05) is 0 Å². The number of sulfone groups is 1. The van der Waals surface area contributed by atoms with Crippen molar-refractivity contribution in [1.29, 1.82) is 0 Å². The third-order valence-electron chi connectivity index (χ3n) is 1.97. The molecule has 1 N–H and O–H groups in total. The summed E-state index contributed by atoms with van der Waals surface area (Å²) in [6.07, 6.45) is 2.25. The smallest absolute Gasteiger partial charge is 0.288 e. The van der Waals surface area contributed by atoms with Gasteiger partial charge in [-0.25, -0.2) is 13.4 Å². The molecule has 1 atom stereocenters. The first kappa shape index (κ1) is 14.8. The van der Waals surface area contributed by atoms with Crippen LogP contribution in [0.25, 0.3) is 0 Å². The van der Waals surface area contributed by atoms with Crippen molar-refractivity contribution < 1.29 is 13.3 Å². The molecule has 0 radical (unpaired) electrons. The molecule has 0 fully saturated rings. The van der Waals surface area contributed by atoms with Crippen LogP contribution >= 0.6 is 15.9 Å². The first-order chi connectivity index (χ1) is 8.19. The van der Waals surface area contributed by atoms with Crippen molar-refractivity contribution in [3.05, 3.63) is 26.9 Å². The van der Waals surface area contributed by atoms with E-state index in [0.717, 1.165) is 12.5 Å². The Morgan fingerprint density at radius 1 is 1.61 bits per heavy atom. The van der Waals surface area contributed by atoms with Gasteiger partial charge in [0.25, 0.3) is 5.69 Å². The van der Waals surface area contributed by atoms with Crippen molar-refractivity contribution >= 4 is 37.3 Å². The summed E-state index contributed by atoms with van der Waals surface area (Å²) < 4.78 is 22.6. The number of aromatic nitrogens is 1. The van der Waals surface area contributed by atoms with Crippen LogP contribution in [0, 0.1) is 10.1 Å². The Kier molecular flexibility index (Phi) is 4.63. The van der Waals surface area contributed by atoms with E-state index in [9.17, 15) is 18.5 Å². The number of nitrogens with zero attached hydrogens (tertiary/aromatic N) is 2. The lowest BCUT2D eigenvalue weighted by Crippen LogP contribution is -2.25. The van der Waals surface area contributed by atoms with Gasteiger partial charge in [-0.15, -0.1) is 0 Å². The number of halogens is 1. The van der Waals surface area contributed by atoms with Crippen molar-refractivity contribution in [2.24, 2.45) is 0 Å². The summed E-state index contributed by atoms with van der Waals surface area (Å²) in [5, 5.41) is 13.4. The fourth-order valence-corrected chi connectivity index (χ4v) is 2.81. The number of nitro groups is 1. The predicted octanol–water partition coefficient (Wildman–Crippen LogP) is 1.60. The molecule has 0 bridgehead atoms. The SMILES string of the molecule is CC(CS(C)(=O)=O)Nc1ncc([N+](=O)[O-])cc1Br. The zero-order valence-corrected chi connectivity index (χ0v) is 12.2. The molecule has 0 amide bonds. The van der Waals surface area contributed by atoms with Gasteiger partial charge < -0.3 is 5.32 Å². The van der Waals surface area contributed by atoms with E-state index in [1.54, 1.807) is 6.92 Å². The molecule has 1 heterocycles. The molecule has 0 saturated heterocycles. The minimum absolute atomic E-state index is 0.0435. The average molecular weight is 338 g/mol. The van der Waals surface area contributed by atoms with Gasteiger partial charge in [0.05, 0.1) is 15.1 Å². The molecule has 0 aliphatic heterocycles. The molecule has 1 aromatic heterocycles. The van der Waals surface area contributed by atoms with Crippen LogP contribution in [0.3, 0.4) is 0 Å². The maximum absolute atomic E-state index is 11.1. The number of hydrogen-bond acceptors (Lipinski definition) is 6. The fourth-order valence-electron chi connectivity index (χ4n) is 1.36. The van der Waals surface area contributed by atoms with Crippen LogP contribution in [0.1, 0.15) is 6.92 Å². The van der Waals surface area contributed by atoms with E-state index in [1.165, 1.54) is 6.07 Å². The van der Waals surface area contributed by atoms with Crippen LogP contribution in [0.5, 0.6) is 0 Å². The van der Waals surface area contributed by atoms with Crippen molar-refractivity contribution in [3.63, 3.8) is 0 Å². The summed E-state index contributed by atoms with van der Waals surface area (Å²) in [7, 11) is -3.09. The molecule has 1 aromatic rings. The maximum Gasteiger partial charge on any atom is 0.288 e. The summed E-state index contributed by atoms with van der Waals surface area (Å²) in [6, 6.07) is 0.966. The lowest BCUT2D eigenvalue weighted by molar-refractivity contribution is -0.385. The molecule has 0 saturated carbocycles. The highest BCUT2D eigenvalue weighted by Gasteiger charge is 2.14. The second-order valence-electron chi connectivity index (χ2n) is 3.92. The van der Waals surface area contributed by atoms with Crippen LogP contribution in [0.4, 0.5) is 11.5 Å². The highest BCUT2D eigenvalue weighted by molar-refractivity contribution is 9.10. The third kappa shape index (κ3) is 4.57. The Labute approximate surface area is 113 Å². The second-order valence-corrected chi connectivity index (χ2v) is 6.96. The zero-order valence-electron chi connectivity index (χ0n) is 9.75. The molecule has 1 unspecified atom stereocenters. The predicted molar refractivity (Wildman–Crippen MR) is 71.4 cm³/mol. The summed E-state index contributed by atoms with van der Waals surface area (Å²) in [5.74, 6) is 0.328. The summed E-state index contributed by atoms with van der Waals surface area (Å²) in [6.45, 7) is 1.69. The van der Waals surface area contributed by atoms with Crippen molar-refractivity contribution in [2.45, 2.75) is 13.0 Å². The molecule has 1 rings (SSSR count). The Morgan fingerprint density at radius 2 is 2.22 bits per heavy atom. The second kappa shape index (κ2) is 5.61. The van der Waals surface area contributed by atoms with Crippen molar-refractivity contribution in [2.75, 3.05) is 17.3 Å². The summed E-state index contributed by atoms with van der Waals surface area (Å²) in [4.78, 5) is 13.8. The van der Waals surface area contributed by atoms with Crippen molar-refractivity contribution in [1.82, 2.24) is 4.98 Å². The number of nitrogens with one attached hydrogen (secondary N) is 1. The van der Waals surface area contributed by atoms with Crippen LogP contribution in [-0.4, -0.2) is 36.4 Å². The van der Waals surface area contributed by atoms with Crippen molar-refractivity contribution in [3.8, 4) is 0 Å². The molecular weight excluding hydrogens is 326 g/mol. The van der Waals surface area contributed by atoms with Gasteiger partial charge in [0.2, 0.25) is 0 Å². The van der Waals surface area contributed by atoms with Gasteiger partial charge in [-0.1, -0.05) is 0 Å². The van der Waals surface area contributed by atoms with E-state index in [-0.39, 0.29) is 17.5 Å². The summed E-state index contributed by atoms with van der Waals surface area (Å²) >= 11 is 3.14. The monoisotopic (exact) mass is 337 g/mol. The largest absolute Gasteiger partial charge is 0.366 e. The number of rotatable bonds is 5. The lowest BCUT2D eigenvalue weighted by atomic mass is 10.3. The van der Waals surface area contributed by atoms with E-state index in [0.29, 0.717) is 10.3 Å². The highest BCUT2D eigenvalue weighted by Crippen LogP contribution is 2.24. The van der Waals surface area contributed by atoms with E-state index in [2.05, 4.69) is 26.2 Å². The van der Waals surface area contributed by atoms with E-state index in [4.69, 9.17) is 0 Å². The molecule has 0 aliphatic carbocycles. The maximum atomic E-state index is 11.1. The van der Waals surface area contributed by atoms with E-state index >= 15 is 0 Å². The Balaban J connectivity index is 2.83. The first-order valence-corrected chi connectivity index (χ1v) is 7.78. The molecule has 100 valence electrons. The van der Waals surface area contributed by atoms with Gasteiger partial charge in [-0.05, 0) is 22.9 Å². The first-order valence-electron chi connectivity index (χ1n) is 4.93. The van der Waals surface area contributed by atoms with Gasteiger partial charge >= 0.3 is 0 Å². The number of anilines is 1. The van der Waals surface area contributed by atoms with Crippen LogP contribution in [0.15, 0.2) is 16.7 Å². The van der Waals surface area contributed by atoms with Gasteiger partial charge in [0, 0.05) is 18.4 Å². The van der Waals surface area contributed by atoms with Gasteiger partial charge in [0.15, 0.2) is 0 Å². The quantitative estimate of drug-likeness (QED) is 0.646. The molecule has 18 heavy (non-hydrogen) atoms. The van der Waals surface area contributed by atoms with Gasteiger partial charge in [0.1, 0.15) is 21.9 Å². The zero-order chi connectivity index (χ0) is 13.9. The normalized spacial score (nSPS) is 13.1. The van der Waals surface area contributed by atoms with Crippen LogP contribution in [-0.2, 0) is 9.84 Å². The van der Waals surface area contributed by atoms with Crippen LogP contribution < -0.4 is 5.32 Å². The standard InChI is InChI=1S/C9H12BrN3O4S/c1-6(5-18(2,16)17)12-9-8(10)3-7(4-11-9)13(14)15/h3-4,6H,5H2,1-2H3,(H,11,12). The highest BCUT2D eigenvalue weighted by atomic mass is 79.9. The molecule has 0 aliphatic rings. The molecule has 9 heteroatoms. The molecule has 7 nitrogen and oxygen atoms in total. The lowest BCUT2D eigenvalue weighted by Gasteiger charge is -2.14. The minimum Gasteiger partial charge on any atom is -0.366 e. The molecule has 0 aromatic carbocycles. The Hall–Kier alpha value is -1.22. The van der Waals surface area contributed by atoms with E-state index < -0.39 is 14.8 Å². The third-order valence-corrected chi connectivity index (χ3v) is 3.68. The number of pyridine rings is 1. The van der Waals surface area contributed by atoms with Gasteiger partial charge in [-0.3, -0.25) is 10.1 Å². The topological polar surface area (TPSA) is 102 Å². The minimum atomic E-state index is -3.09. The molecular formula is C9H12BrN3O4S. The average Bonchev–Trinajstić information content (AvgIpc) is 2.17. The molecule has 0 spiro atoms. The Bertz CT molecular complexity index is 561. The fraction of sp³-hybridized carbons (Fsp3) is 0.444. The number of hydrogen-bond donors (Lipinski definition) is 1.